The predicted octanol–water partition coefficient (Wildman–Crippen LogP) is 1.46. The molecule has 0 aromatic rings. The second-order valence-electron chi connectivity index (χ2n) is 5.94. The average molecular weight is 273 g/mol. The first-order valence-electron chi connectivity index (χ1n) is 6.91. The van der Waals surface area contributed by atoms with Crippen molar-refractivity contribution in [3.05, 3.63) is 0 Å². The topological polar surface area (TPSA) is 54.5 Å². The lowest BCUT2D eigenvalue weighted by Crippen LogP contribution is -2.48. The van der Waals surface area contributed by atoms with Crippen molar-refractivity contribution in [1.29, 1.82) is 0 Å². The van der Waals surface area contributed by atoms with Gasteiger partial charge in [-0.25, -0.2) is 8.42 Å². The largest absolute Gasteiger partial charge is 0.339 e. The molecule has 0 radical (unpaired) electrons. The highest BCUT2D eigenvalue weighted by Crippen LogP contribution is 2.28. The molecule has 2 fully saturated rings. The van der Waals surface area contributed by atoms with E-state index >= 15 is 0 Å². The van der Waals surface area contributed by atoms with Crippen LogP contribution in [0.5, 0.6) is 0 Å². The summed E-state index contributed by atoms with van der Waals surface area (Å²) in [6, 6.07) is 0.301. The van der Waals surface area contributed by atoms with Crippen molar-refractivity contribution in [3.8, 4) is 0 Å². The first-order valence-corrected chi connectivity index (χ1v) is 8.74. The van der Waals surface area contributed by atoms with Crippen LogP contribution in [0.4, 0.5) is 0 Å². The van der Waals surface area contributed by atoms with Crippen LogP contribution in [0.2, 0.25) is 0 Å². The molecule has 2 saturated heterocycles. The molecular formula is C13H23NO3S. The molecule has 2 unspecified atom stereocenters. The van der Waals surface area contributed by atoms with E-state index in [4.69, 9.17) is 0 Å². The number of likely N-dealkylation sites (tertiary alicyclic amines) is 1. The normalized spacial score (nSPS) is 31.8. The molecule has 5 heteroatoms. The molecule has 2 rings (SSSR count). The quantitative estimate of drug-likeness (QED) is 0.765. The third kappa shape index (κ3) is 2.87. The number of piperidine rings is 1. The van der Waals surface area contributed by atoms with Crippen LogP contribution in [-0.2, 0) is 14.6 Å². The van der Waals surface area contributed by atoms with Gasteiger partial charge in [0.1, 0.15) is 0 Å². The molecule has 0 saturated carbocycles. The van der Waals surface area contributed by atoms with E-state index in [1.54, 1.807) is 0 Å². The predicted molar refractivity (Wildman–Crippen MR) is 71.0 cm³/mol. The van der Waals surface area contributed by atoms with Crippen LogP contribution >= 0.6 is 0 Å². The zero-order valence-electron chi connectivity index (χ0n) is 11.3. The van der Waals surface area contributed by atoms with Gasteiger partial charge in [0.2, 0.25) is 5.91 Å². The number of carbonyl (C=O) groups excluding carboxylic acids is 1. The van der Waals surface area contributed by atoms with E-state index in [1.165, 1.54) is 6.42 Å². The van der Waals surface area contributed by atoms with Gasteiger partial charge >= 0.3 is 0 Å². The van der Waals surface area contributed by atoms with E-state index in [2.05, 4.69) is 13.8 Å². The Kier molecular flexibility index (Phi) is 3.99. The van der Waals surface area contributed by atoms with Crippen molar-refractivity contribution in [2.24, 2.45) is 11.8 Å². The zero-order chi connectivity index (χ0) is 13.3. The maximum atomic E-state index is 12.5. The summed E-state index contributed by atoms with van der Waals surface area (Å²) in [4.78, 5) is 14.4. The number of carbonyl (C=O) groups is 1. The fraction of sp³-hybridized carbons (Fsp3) is 0.923. The number of nitrogens with zero attached hydrogens (tertiary/aromatic N) is 1. The van der Waals surface area contributed by atoms with Gasteiger partial charge < -0.3 is 4.90 Å². The summed E-state index contributed by atoms with van der Waals surface area (Å²) in [5, 5.41) is 0. The summed E-state index contributed by atoms with van der Waals surface area (Å²) in [5.41, 5.74) is 0. The van der Waals surface area contributed by atoms with E-state index in [0.29, 0.717) is 18.4 Å². The summed E-state index contributed by atoms with van der Waals surface area (Å²) in [7, 11) is -2.96. The number of hydrogen-bond donors (Lipinski definition) is 0. The van der Waals surface area contributed by atoms with E-state index in [0.717, 1.165) is 19.4 Å². The van der Waals surface area contributed by atoms with Gasteiger partial charge in [0, 0.05) is 12.6 Å². The third-order valence-corrected chi connectivity index (χ3v) is 5.95. The van der Waals surface area contributed by atoms with Gasteiger partial charge in [0.15, 0.2) is 9.84 Å². The Morgan fingerprint density at radius 2 is 1.94 bits per heavy atom. The molecule has 2 heterocycles. The molecule has 2 aliphatic heterocycles. The Balaban J connectivity index is 2.07. The zero-order valence-corrected chi connectivity index (χ0v) is 12.1. The fourth-order valence-corrected chi connectivity index (χ4v) is 4.88. The van der Waals surface area contributed by atoms with Gasteiger partial charge in [-0.1, -0.05) is 13.8 Å². The van der Waals surface area contributed by atoms with Crippen LogP contribution < -0.4 is 0 Å². The van der Waals surface area contributed by atoms with Gasteiger partial charge in [-0.2, -0.15) is 0 Å². The number of sulfone groups is 1. The maximum absolute atomic E-state index is 12.5. The van der Waals surface area contributed by atoms with Crippen LogP contribution in [-0.4, -0.2) is 43.3 Å². The van der Waals surface area contributed by atoms with Crippen LogP contribution in [0.25, 0.3) is 0 Å². The van der Waals surface area contributed by atoms with Gasteiger partial charge in [-0.05, 0) is 31.6 Å². The lowest BCUT2D eigenvalue weighted by molar-refractivity contribution is -0.139. The molecule has 104 valence electrons. The van der Waals surface area contributed by atoms with Crippen molar-refractivity contribution in [2.75, 3.05) is 18.1 Å². The minimum atomic E-state index is -2.96. The summed E-state index contributed by atoms with van der Waals surface area (Å²) in [6.07, 6.45) is 3.80. The minimum absolute atomic E-state index is 0.0626. The lowest BCUT2D eigenvalue weighted by atomic mass is 9.91. The molecule has 2 atom stereocenters. The van der Waals surface area contributed by atoms with Crippen LogP contribution in [0.3, 0.4) is 0 Å². The Hall–Kier alpha value is -0.580. The Morgan fingerprint density at radius 3 is 2.50 bits per heavy atom. The SMILES string of the molecule is CC(C)C1CCCCN1C(=O)C1CCS(=O)(=O)C1. The molecule has 0 spiro atoms. The summed E-state index contributed by atoms with van der Waals surface area (Å²) < 4.78 is 22.9. The molecule has 0 aromatic carbocycles. The molecule has 2 aliphatic rings. The monoisotopic (exact) mass is 273 g/mol. The van der Waals surface area contributed by atoms with Crippen LogP contribution in [0.1, 0.15) is 39.5 Å². The molecule has 1 amide bonds. The highest BCUT2D eigenvalue weighted by molar-refractivity contribution is 7.91. The van der Waals surface area contributed by atoms with Gasteiger partial charge in [0.05, 0.1) is 17.4 Å². The number of hydrogen-bond acceptors (Lipinski definition) is 3. The molecule has 0 aliphatic carbocycles. The van der Waals surface area contributed by atoms with E-state index in [-0.39, 0.29) is 23.3 Å². The van der Waals surface area contributed by atoms with Gasteiger partial charge in [-0.15, -0.1) is 0 Å². The third-order valence-electron chi connectivity index (χ3n) is 4.18. The second-order valence-corrected chi connectivity index (χ2v) is 8.17. The second kappa shape index (κ2) is 5.19. The standard InChI is InChI=1S/C13H23NO3S/c1-10(2)12-5-3-4-7-14(12)13(15)11-6-8-18(16,17)9-11/h10-12H,3-9H2,1-2H3. The first-order chi connectivity index (χ1) is 8.41. The van der Waals surface area contributed by atoms with E-state index < -0.39 is 9.84 Å². The van der Waals surface area contributed by atoms with E-state index in [9.17, 15) is 13.2 Å². The molecule has 0 aromatic heterocycles. The fourth-order valence-electron chi connectivity index (χ4n) is 3.15. The van der Waals surface area contributed by atoms with Crippen molar-refractivity contribution in [1.82, 2.24) is 4.90 Å². The first kappa shape index (κ1) is 13.8. The lowest BCUT2D eigenvalue weighted by Gasteiger charge is -2.39. The highest BCUT2D eigenvalue weighted by Gasteiger charge is 2.38. The van der Waals surface area contributed by atoms with Gasteiger partial charge in [-0.3, -0.25) is 4.79 Å². The Morgan fingerprint density at radius 1 is 1.22 bits per heavy atom. The smallest absolute Gasteiger partial charge is 0.226 e. The molecule has 18 heavy (non-hydrogen) atoms. The molecule has 0 bridgehead atoms. The van der Waals surface area contributed by atoms with Crippen molar-refractivity contribution >= 4 is 15.7 Å². The van der Waals surface area contributed by atoms with Crippen LogP contribution in [0.15, 0.2) is 0 Å². The Labute approximate surface area is 110 Å². The summed E-state index contributed by atoms with van der Waals surface area (Å²) >= 11 is 0. The molecule has 0 N–H and O–H groups in total. The molecule has 4 nitrogen and oxygen atoms in total. The van der Waals surface area contributed by atoms with Crippen molar-refractivity contribution in [3.63, 3.8) is 0 Å². The number of amides is 1. The maximum Gasteiger partial charge on any atom is 0.226 e. The average Bonchev–Trinajstić information content (AvgIpc) is 2.68. The Bertz CT molecular complexity index is 416. The van der Waals surface area contributed by atoms with Crippen LogP contribution in [0, 0.1) is 11.8 Å². The summed E-state index contributed by atoms with van der Waals surface area (Å²) in [6.45, 7) is 5.08. The summed E-state index contributed by atoms with van der Waals surface area (Å²) in [5.74, 6) is 0.493. The molecular weight excluding hydrogens is 250 g/mol. The van der Waals surface area contributed by atoms with E-state index in [1.807, 2.05) is 4.90 Å². The minimum Gasteiger partial charge on any atom is -0.339 e. The van der Waals surface area contributed by atoms with Crippen molar-refractivity contribution in [2.45, 2.75) is 45.6 Å². The highest BCUT2D eigenvalue weighted by atomic mass is 32.2. The van der Waals surface area contributed by atoms with Crippen molar-refractivity contribution < 1.29 is 13.2 Å². The van der Waals surface area contributed by atoms with Gasteiger partial charge in [0.25, 0.3) is 0 Å². The number of rotatable bonds is 2.